The maximum atomic E-state index is 8.67. The summed E-state index contributed by atoms with van der Waals surface area (Å²) in [5, 5.41) is 5.29. The Labute approximate surface area is 247 Å². The molecule has 0 amide bonds. The lowest BCUT2D eigenvalue weighted by molar-refractivity contribution is 0.596. The molecule has 4 heteroatoms. The van der Waals surface area contributed by atoms with Crippen molar-refractivity contribution in [2.24, 2.45) is 17.8 Å². The predicted octanol–water partition coefficient (Wildman–Crippen LogP) is 10.6. The molecule has 0 unspecified atom stereocenters. The summed E-state index contributed by atoms with van der Waals surface area (Å²) in [6, 6.07) is 24.1. The first-order valence-corrected chi connectivity index (χ1v) is 18.5. The Kier molecular flexibility index (Phi) is 7.60. The molecule has 0 aliphatic heterocycles. The molecule has 2 nitrogen and oxygen atoms in total. The van der Waals surface area contributed by atoms with Gasteiger partial charge in [-0.15, -0.1) is 11.3 Å². The third-order valence-corrected chi connectivity index (χ3v) is 15.9. The molecule has 0 aliphatic carbocycles. The van der Waals surface area contributed by atoms with Crippen LogP contribution in [0.5, 0.6) is 0 Å². The van der Waals surface area contributed by atoms with Gasteiger partial charge in [-0.1, -0.05) is 123 Å². The Morgan fingerprint density at radius 3 is 2.02 bits per heavy atom. The molecule has 0 aliphatic rings. The minimum absolute atomic E-state index is 0.0192. The van der Waals surface area contributed by atoms with E-state index in [-0.39, 0.29) is 11.7 Å². The lowest BCUT2D eigenvalue weighted by atomic mass is 9.82. The van der Waals surface area contributed by atoms with Gasteiger partial charge in [-0.05, 0) is 56.8 Å². The highest BCUT2D eigenvalue weighted by Gasteiger charge is 2.39. The molecular formula is C36H46N2SSi. The molecule has 0 saturated carbocycles. The van der Waals surface area contributed by atoms with Crippen molar-refractivity contribution >= 4 is 55.7 Å². The van der Waals surface area contributed by atoms with Crippen LogP contribution >= 0.6 is 11.3 Å². The van der Waals surface area contributed by atoms with E-state index in [9.17, 15) is 0 Å². The Balaban J connectivity index is 1.83. The van der Waals surface area contributed by atoms with Crippen molar-refractivity contribution in [3.8, 4) is 11.3 Å². The van der Waals surface area contributed by atoms with Crippen LogP contribution in [0.4, 0.5) is 0 Å². The van der Waals surface area contributed by atoms with Crippen LogP contribution in [-0.4, -0.2) is 18.0 Å². The first-order chi connectivity index (χ1) is 19.3. The molecule has 2 heterocycles. The van der Waals surface area contributed by atoms with Crippen LogP contribution in [0.2, 0.25) is 18.1 Å². The maximum absolute atomic E-state index is 8.67. The second kappa shape index (κ2) is 11.0. The number of rotatable bonds is 8. The Morgan fingerprint density at radius 1 is 0.775 bits per heavy atom. The molecule has 3 aromatic carbocycles. The summed E-state index contributed by atoms with van der Waals surface area (Å²) in [6.45, 7) is 21.2. The van der Waals surface area contributed by atoms with Crippen molar-refractivity contribution in [1.82, 2.24) is 9.97 Å². The molecule has 0 saturated heterocycles. The summed E-state index contributed by atoms with van der Waals surface area (Å²) in [4.78, 5) is 9.58. The minimum Gasteiger partial charge on any atom is -0.235 e. The van der Waals surface area contributed by atoms with Crippen molar-refractivity contribution < 1.29 is 1.37 Å². The number of nitrogens with zero attached hydrogens (tertiary/aromatic N) is 2. The molecule has 0 spiro atoms. The molecule has 40 heavy (non-hydrogen) atoms. The van der Waals surface area contributed by atoms with Crippen molar-refractivity contribution in [1.29, 1.82) is 0 Å². The van der Waals surface area contributed by atoms with Crippen molar-refractivity contribution in [3.63, 3.8) is 0 Å². The Bertz CT molecular complexity index is 1680. The average molecular weight is 568 g/mol. The fourth-order valence-electron chi connectivity index (χ4n) is 7.16. The lowest BCUT2D eigenvalue weighted by Gasteiger charge is -2.37. The number of hydrogen-bond donors (Lipinski definition) is 0. The summed E-state index contributed by atoms with van der Waals surface area (Å²) in [6.07, 6.45) is 0.0955. The van der Waals surface area contributed by atoms with E-state index in [4.69, 9.17) is 11.3 Å². The normalized spacial score (nSPS) is 13.4. The minimum atomic E-state index is -1.85. The van der Waals surface area contributed by atoms with E-state index in [0.29, 0.717) is 17.8 Å². The topological polar surface area (TPSA) is 25.8 Å². The van der Waals surface area contributed by atoms with E-state index < -0.39 is 8.07 Å². The molecule has 0 fully saturated rings. The lowest BCUT2D eigenvalue weighted by Crippen LogP contribution is -2.50. The third-order valence-electron chi connectivity index (χ3n) is 8.14. The average Bonchev–Trinajstić information content (AvgIpc) is 3.24. The molecule has 0 N–H and O–H groups in total. The summed E-state index contributed by atoms with van der Waals surface area (Å²) >= 11 is 1.87. The molecule has 0 atom stereocenters. The number of hydrogen-bond acceptors (Lipinski definition) is 3. The third kappa shape index (κ3) is 5.50. The molecule has 0 radical (unpaired) electrons. The first kappa shape index (κ1) is 27.6. The largest absolute Gasteiger partial charge is 0.235 e. The van der Waals surface area contributed by atoms with Crippen LogP contribution in [0.3, 0.4) is 0 Å². The van der Waals surface area contributed by atoms with Crippen molar-refractivity contribution in [3.05, 3.63) is 66.5 Å². The van der Waals surface area contributed by atoms with Crippen molar-refractivity contribution in [2.75, 3.05) is 0 Å². The van der Waals surface area contributed by atoms with Crippen LogP contribution in [0.25, 0.3) is 42.3 Å². The van der Waals surface area contributed by atoms with E-state index >= 15 is 0 Å². The molecule has 210 valence electrons. The zero-order valence-electron chi connectivity index (χ0n) is 26.9. The standard InChI is InChI=1S/C36H46N2SSi/c1-23(2)19-40(20-24(3)4,21-25(5)6)31-16-12-15-29-33-35(39-34(29)31)32(37-22-38-33)27-17-26-13-10-11-14-28(26)30(18-27)36(7,8)9/h10-18,22-25H,19-21H2,1-9H3/i22D. The van der Waals surface area contributed by atoms with E-state index in [1.165, 1.54) is 44.6 Å². The first-order valence-electron chi connectivity index (χ1n) is 15.5. The molecule has 5 aromatic rings. The van der Waals surface area contributed by atoms with Crippen LogP contribution in [0.1, 0.15) is 69.2 Å². The summed E-state index contributed by atoms with van der Waals surface area (Å²) in [5.74, 6) is 1.98. The monoisotopic (exact) mass is 567 g/mol. The van der Waals surface area contributed by atoms with Crippen LogP contribution in [-0.2, 0) is 5.41 Å². The van der Waals surface area contributed by atoms with Gasteiger partial charge in [0, 0.05) is 15.6 Å². The van der Waals surface area contributed by atoms with Gasteiger partial charge in [0.25, 0.3) is 0 Å². The van der Waals surface area contributed by atoms with Gasteiger partial charge in [-0.2, -0.15) is 0 Å². The maximum Gasteiger partial charge on any atom is 0.116 e. The second-order valence-corrected chi connectivity index (χ2v) is 19.5. The smallest absolute Gasteiger partial charge is 0.116 e. The summed E-state index contributed by atoms with van der Waals surface area (Å²) in [5.41, 5.74) is 4.20. The van der Waals surface area contributed by atoms with Crippen molar-refractivity contribution in [2.45, 2.75) is 85.9 Å². The SMILES string of the molecule is [2H]c1nc(-c2cc(C(C)(C)C)c3ccccc3c2)c2sc3c([Si](CC(C)C)(CC(C)C)CC(C)C)cccc3c2n1. The highest BCUT2D eigenvalue weighted by Crippen LogP contribution is 2.42. The van der Waals surface area contributed by atoms with Crippen LogP contribution in [0.15, 0.2) is 60.9 Å². The zero-order chi connectivity index (χ0) is 29.7. The Hall–Kier alpha value is -2.56. The quantitative estimate of drug-likeness (QED) is 0.174. The van der Waals surface area contributed by atoms with Gasteiger partial charge >= 0.3 is 0 Å². The van der Waals surface area contributed by atoms with E-state index in [1.807, 2.05) is 11.3 Å². The summed E-state index contributed by atoms with van der Waals surface area (Å²) in [7, 11) is -1.85. The Morgan fingerprint density at radius 2 is 1.40 bits per heavy atom. The fraction of sp³-hybridized carbons (Fsp3) is 0.444. The van der Waals surface area contributed by atoms with Gasteiger partial charge < -0.3 is 0 Å². The number of thiophene rings is 1. The molecule has 5 rings (SSSR count). The highest BCUT2D eigenvalue weighted by molar-refractivity contribution is 7.28. The number of fused-ring (bicyclic) bond motifs is 4. The molecular weight excluding hydrogens is 521 g/mol. The van der Waals surface area contributed by atoms with Gasteiger partial charge in [0.05, 0.1) is 24.0 Å². The van der Waals surface area contributed by atoms with E-state index in [2.05, 4.69) is 117 Å². The molecule has 2 aromatic heterocycles. The van der Waals surface area contributed by atoms with Gasteiger partial charge in [-0.25, -0.2) is 9.97 Å². The van der Waals surface area contributed by atoms with Gasteiger partial charge in [-0.3, -0.25) is 0 Å². The van der Waals surface area contributed by atoms with Gasteiger partial charge in [0.15, 0.2) is 0 Å². The van der Waals surface area contributed by atoms with Gasteiger partial charge in [0.2, 0.25) is 0 Å². The van der Waals surface area contributed by atoms with E-state index in [0.717, 1.165) is 21.5 Å². The van der Waals surface area contributed by atoms with Gasteiger partial charge in [0.1, 0.15) is 7.67 Å². The van der Waals surface area contributed by atoms with Crippen LogP contribution in [0, 0.1) is 17.8 Å². The molecule has 0 bridgehead atoms. The summed E-state index contributed by atoms with van der Waals surface area (Å²) < 4.78 is 11.2. The predicted molar refractivity (Wildman–Crippen MR) is 181 cm³/mol. The number of benzene rings is 3. The van der Waals surface area contributed by atoms with E-state index in [1.54, 1.807) is 5.19 Å². The highest BCUT2D eigenvalue weighted by atomic mass is 32.1. The van der Waals surface area contributed by atoms with Crippen LogP contribution < -0.4 is 5.19 Å². The number of aromatic nitrogens is 2. The second-order valence-electron chi connectivity index (χ2n) is 14.2. The zero-order valence-corrected chi connectivity index (χ0v) is 27.7. The fourth-order valence-corrected chi connectivity index (χ4v) is 16.0.